The van der Waals surface area contributed by atoms with Crippen LogP contribution in [0.1, 0.15) is 0 Å². The highest BCUT2D eigenvalue weighted by Gasteiger charge is 2.28. The lowest BCUT2D eigenvalue weighted by molar-refractivity contribution is -0.150. The first-order chi connectivity index (χ1) is 6.00. The maximum Gasteiger partial charge on any atom is 0.324 e. The second kappa shape index (κ2) is 4.81. The highest BCUT2D eigenvalue weighted by Crippen LogP contribution is 2.00. The molecule has 0 aliphatic heterocycles. The Labute approximate surface area is 73.0 Å². The number of aliphatic carboxylic acids is 2. The summed E-state index contributed by atoms with van der Waals surface area (Å²) < 4.78 is 0. The summed E-state index contributed by atoms with van der Waals surface area (Å²) in [5, 5.41) is 23.7. The van der Waals surface area contributed by atoms with Crippen molar-refractivity contribution in [3.05, 3.63) is 12.2 Å². The quantitative estimate of drug-likeness (QED) is 0.232. The second-order valence-electron chi connectivity index (χ2n) is 2.06. The Balaban J connectivity index is 4.66. The molecule has 3 N–H and O–H groups in total. The molecule has 6 heteroatoms. The number of hydrogen-bond acceptors (Lipinski definition) is 4. The molecule has 6 nitrogen and oxygen atoms in total. The number of allylic oxidation sites excluding steroid dienone is 2. The van der Waals surface area contributed by atoms with E-state index in [1.807, 2.05) is 0 Å². The highest BCUT2D eigenvalue weighted by atomic mass is 16.4. The average molecular weight is 185 g/mol. The van der Waals surface area contributed by atoms with Crippen molar-refractivity contribution in [2.75, 3.05) is 0 Å². The molecule has 0 radical (unpaired) electrons. The number of carbonyl (C=O) groups excluding carboxylic acids is 1. The van der Waals surface area contributed by atoms with E-state index in [0.29, 0.717) is 6.29 Å². The molecule has 0 aliphatic carbocycles. The van der Waals surface area contributed by atoms with Gasteiger partial charge in [-0.05, 0) is 12.2 Å². The number of aldehydes is 1. The van der Waals surface area contributed by atoms with Gasteiger partial charge in [0, 0.05) is 0 Å². The number of rotatable bonds is 5. The minimum atomic E-state index is -1.92. The van der Waals surface area contributed by atoms with E-state index in [1.165, 1.54) is 0 Å². The van der Waals surface area contributed by atoms with Crippen LogP contribution in [0, 0.1) is 11.3 Å². The van der Waals surface area contributed by atoms with Gasteiger partial charge >= 0.3 is 11.9 Å². The fraction of sp³-hybridized carbons (Fsp3) is 0.143. The summed E-state index contributed by atoms with van der Waals surface area (Å²) >= 11 is 0. The topological polar surface area (TPSA) is 116 Å². The Kier molecular flexibility index (Phi) is 4.08. The number of carbonyl (C=O) groups is 3. The van der Waals surface area contributed by atoms with E-state index >= 15 is 0 Å². The van der Waals surface area contributed by atoms with Crippen LogP contribution >= 0.6 is 0 Å². The highest BCUT2D eigenvalue weighted by molar-refractivity contribution is 6.19. The Hall–Kier alpha value is -1.98. The molecule has 0 amide bonds. The van der Waals surface area contributed by atoms with Gasteiger partial charge in [0.05, 0.1) is 5.71 Å². The number of hydrogen-bond donors (Lipinski definition) is 3. The van der Waals surface area contributed by atoms with E-state index in [2.05, 4.69) is 0 Å². The monoisotopic (exact) mass is 185 g/mol. The number of carboxylic acid groups (broad SMARTS) is 2. The molecule has 0 aromatic heterocycles. The van der Waals surface area contributed by atoms with E-state index in [4.69, 9.17) is 15.6 Å². The molecule has 70 valence electrons. The van der Waals surface area contributed by atoms with Gasteiger partial charge in [-0.15, -0.1) is 0 Å². The molecule has 13 heavy (non-hydrogen) atoms. The van der Waals surface area contributed by atoms with E-state index in [1.54, 1.807) is 0 Å². The van der Waals surface area contributed by atoms with Gasteiger partial charge in [-0.3, -0.25) is 14.4 Å². The molecule has 0 unspecified atom stereocenters. The molecule has 0 heterocycles. The first-order valence-corrected chi connectivity index (χ1v) is 3.16. The minimum Gasteiger partial charge on any atom is -0.480 e. The first kappa shape index (κ1) is 11.0. The van der Waals surface area contributed by atoms with Crippen LogP contribution < -0.4 is 0 Å². The molecule has 0 rings (SSSR count). The van der Waals surface area contributed by atoms with Crippen LogP contribution in [0.25, 0.3) is 0 Å². The van der Waals surface area contributed by atoms with E-state index in [0.717, 1.165) is 12.2 Å². The molecular formula is C7H7NO5. The van der Waals surface area contributed by atoms with Crippen LogP contribution in [0.15, 0.2) is 12.2 Å². The summed E-state index contributed by atoms with van der Waals surface area (Å²) in [7, 11) is 0. The summed E-state index contributed by atoms with van der Waals surface area (Å²) in [5.74, 6) is -5.18. The van der Waals surface area contributed by atoms with Crippen LogP contribution in [0.5, 0.6) is 0 Å². The normalized spacial score (nSPS) is 10.2. The third-order valence-electron chi connectivity index (χ3n) is 1.16. The predicted molar refractivity (Wildman–Crippen MR) is 41.7 cm³/mol. The Morgan fingerprint density at radius 2 is 1.69 bits per heavy atom. The first-order valence-electron chi connectivity index (χ1n) is 3.16. The predicted octanol–water partition coefficient (Wildman–Crippen LogP) is -0.453. The summed E-state index contributed by atoms with van der Waals surface area (Å²) in [6, 6.07) is 0. The SMILES string of the molecule is N=C(C=CC=O)C(C(=O)O)C(=O)O. The molecule has 0 fully saturated rings. The van der Waals surface area contributed by atoms with Gasteiger partial charge in [0.1, 0.15) is 6.29 Å². The van der Waals surface area contributed by atoms with E-state index in [9.17, 15) is 14.4 Å². The van der Waals surface area contributed by atoms with Gasteiger partial charge < -0.3 is 15.6 Å². The fourth-order valence-electron chi connectivity index (χ4n) is 0.611. The Bertz CT molecular complexity index is 267. The van der Waals surface area contributed by atoms with Crippen molar-refractivity contribution in [3.63, 3.8) is 0 Å². The van der Waals surface area contributed by atoms with Crippen LogP contribution in [0.3, 0.4) is 0 Å². The van der Waals surface area contributed by atoms with Crippen molar-refractivity contribution in [1.29, 1.82) is 5.41 Å². The summed E-state index contributed by atoms with van der Waals surface area (Å²) in [6.07, 6.45) is 2.02. The average Bonchev–Trinajstić information content (AvgIpc) is 1.99. The fourth-order valence-corrected chi connectivity index (χ4v) is 0.611. The largest absolute Gasteiger partial charge is 0.480 e. The van der Waals surface area contributed by atoms with Gasteiger partial charge in [-0.25, -0.2) is 0 Å². The summed E-state index contributed by atoms with van der Waals surface area (Å²) in [5.41, 5.74) is -0.646. The maximum atomic E-state index is 10.3. The molecule has 0 spiro atoms. The third kappa shape index (κ3) is 3.28. The molecule has 0 saturated heterocycles. The van der Waals surface area contributed by atoms with Crippen LogP contribution in [0.4, 0.5) is 0 Å². The molecule has 0 atom stereocenters. The molecular weight excluding hydrogens is 178 g/mol. The van der Waals surface area contributed by atoms with Gasteiger partial charge in [-0.2, -0.15) is 0 Å². The number of carboxylic acids is 2. The van der Waals surface area contributed by atoms with Crippen LogP contribution in [-0.4, -0.2) is 34.1 Å². The van der Waals surface area contributed by atoms with Gasteiger partial charge in [0.2, 0.25) is 0 Å². The second-order valence-corrected chi connectivity index (χ2v) is 2.06. The zero-order chi connectivity index (χ0) is 10.4. The smallest absolute Gasteiger partial charge is 0.324 e. The minimum absolute atomic E-state index is 0.329. The van der Waals surface area contributed by atoms with E-state index in [-0.39, 0.29) is 0 Å². The summed E-state index contributed by atoms with van der Waals surface area (Å²) in [4.78, 5) is 30.4. The lowest BCUT2D eigenvalue weighted by atomic mass is 10.0. The molecule has 0 aliphatic rings. The van der Waals surface area contributed by atoms with Gasteiger partial charge in [0.25, 0.3) is 0 Å². The van der Waals surface area contributed by atoms with Crippen molar-refractivity contribution < 1.29 is 24.6 Å². The lowest BCUT2D eigenvalue weighted by Crippen LogP contribution is -2.29. The Morgan fingerprint density at radius 3 is 2.00 bits per heavy atom. The molecule has 0 saturated carbocycles. The van der Waals surface area contributed by atoms with Gasteiger partial charge in [-0.1, -0.05) is 0 Å². The summed E-state index contributed by atoms with van der Waals surface area (Å²) in [6.45, 7) is 0. The van der Waals surface area contributed by atoms with Crippen LogP contribution in [-0.2, 0) is 14.4 Å². The van der Waals surface area contributed by atoms with Gasteiger partial charge in [0.15, 0.2) is 5.92 Å². The third-order valence-corrected chi connectivity index (χ3v) is 1.16. The lowest BCUT2D eigenvalue weighted by Gasteiger charge is -2.03. The van der Waals surface area contributed by atoms with Crippen molar-refractivity contribution in [1.82, 2.24) is 0 Å². The molecule has 0 bridgehead atoms. The molecule has 0 aromatic rings. The zero-order valence-electron chi connectivity index (χ0n) is 6.43. The zero-order valence-corrected chi connectivity index (χ0v) is 6.43. The van der Waals surface area contributed by atoms with Crippen molar-refractivity contribution in [2.24, 2.45) is 5.92 Å². The number of nitrogens with one attached hydrogen (secondary N) is 1. The van der Waals surface area contributed by atoms with E-state index < -0.39 is 23.6 Å². The van der Waals surface area contributed by atoms with Crippen molar-refractivity contribution >= 4 is 23.9 Å². The van der Waals surface area contributed by atoms with Crippen molar-refractivity contribution in [3.8, 4) is 0 Å². The van der Waals surface area contributed by atoms with Crippen molar-refractivity contribution in [2.45, 2.75) is 0 Å². The molecule has 0 aromatic carbocycles. The standard InChI is InChI=1S/C7H7NO5/c8-4(2-1-3-9)5(6(10)11)7(12)13/h1-3,5,8H,(H,10,11)(H,12,13). The Morgan fingerprint density at radius 1 is 1.23 bits per heavy atom. The maximum absolute atomic E-state index is 10.3. The van der Waals surface area contributed by atoms with Crippen LogP contribution in [0.2, 0.25) is 0 Å².